The first-order valence-corrected chi connectivity index (χ1v) is 9.19. The largest absolute Gasteiger partial charge is 0.493 e. The highest BCUT2D eigenvalue weighted by atomic mass is 32.2. The molecule has 7 nitrogen and oxygen atoms in total. The molecule has 1 aliphatic heterocycles. The summed E-state index contributed by atoms with van der Waals surface area (Å²) in [5, 5.41) is 6.32. The van der Waals surface area contributed by atoms with Crippen molar-refractivity contribution in [1.29, 1.82) is 0 Å². The SMILES string of the molecule is CN=C(NCC1CCS(=O)(=O)C1)Nc1ccc(OC)c(OC)c1. The van der Waals surface area contributed by atoms with Crippen LogP contribution in [0.2, 0.25) is 0 Å². The molecular weight excluding hydrogens is 318 g/mol. The Morgan fingerprint density at radius 3 is 2.61 bits per heavy atom. The number of guanidine groups is 1. The normalized spacial score (nSPS) is 20.1. The van der Waals surface area contributed by atoms with Crippen molar-refractivity contribution in [3.63, 3.8) is 0 Å². The molecule has 2 rings (SSSR count). The van der Waals surface area contributed by atoms with Crippen LogP contribution < -0.4 is 20.1 Å². The number of hydrogen-bond acceptors (Lipinski definition) is 5. The molecule has 0 bridgehead atoms. The van der Waals surface area contributed by atoms with E-state index < -0.39 is 9.84 Å². The van der Waals surface area contributed by atoms with Crippen LogP contribution in [0.1, 0.15) is 6.42 Å². The molecule has 1 saturated heterocycles. The van der Waals surface area contributed by atoms with E-state index in [-0.39, 0.29) is 17.4 Å². The summed E-state index contributed by atoms with van der Waals surface area (Å²) in [7, 11) is 1.97. The van der Waals surface area contributed by atoms with Crippen molar-refractivity contribution in [2.24, 2.45) is 10.9 Å². The van der Waals surface area contributed by atoms with Gasteiger partial charge in [0.25, 0.3) is 0 Å². The summed E-state index contributed by atoms with van der Waals surface area (Å²) in [4.78, 5) is 4.15. The highest BCUT2D eigenvalue weighted by molar-refractivity contribution is 7.91. The summed E-state index contributed by atoms with van der Waals surface area (Å²) in [6.45, 7) is 0.576. The van der Waals surface area contributed by atoms with Crippen LogP contribution in [0.3, 0.4) is 0 Å². The molecule has 128 valence electrons. The average Bonchev–Trinajstić information content (AvgIpc) is 2.90. The molecule has 0 radical (unpaired) electrons. The second-order valence-corrected chi connectivity index (χ2v) is 7.65. The predicted octanol–water partition coefficient (Wildman–Crippen LogP) is 1.13. The topological polar surface area (TPSA) is 89.0 Å². The Balaban J connectivity index is 1.95. The quantitative estimate of drug-likeness (QED) is 0.616. The van der Waals surface area contributed by atoms with Gasteiger partial charge in [0.1, 0.15) is 0 Å². The Hall–Kier alpha value is -1.96. The molecule has 0 amide bonds. The molecule has 2 N–H and O–H groups in total. The number of aliphatic imine (C=N–C) groups is 1. The second kappa shape index (κ2) is 7.54. The fraction of sp³-hybridized carbons (Fsp3) is 0.533. The van der Waals surface area contributed by atoms with Crippen LogP contribution >= 0.6 is 0 Å². The second-order valence-electron chi connectivity index (χ2n) is 5.42. The minimum atomic E-state index is -2.86. The maximum atomic E-state index is 11.5. The minimum absolute atomic E-state index is 0.129. The first-order chi connectivity index (χ1) is 11.0. The number of benzene rings is 1. The molecular formula is C15H23N3O4S. The monoisotopic (exact) mass is 341 g/mol. The molecule has 0 spiro atoms. The third-order valence-corrected chi connectivity index (χ3v) is 5.59. The molecule has 23 heavy (non-hydrogen) atoms. The number of sulfone groups is 1. The molecule has 1 aliphatic rings. The van der Waals surface area contributed by atoms with Crippen LogP contribution in [0.25, 0.3) is 0 Å². The van der Waals surface area contributed by atoms with E-state index >= 15 is 0 Å². The van der Waals surface area contributed by atoms with Crippen molar-refractivity contribution < 1.29 is 17.9 Å². The van der Waals surface area contributed by atoms with Crippen molar-refractivity contribution in [1.82, 2.24) is 5.32 Å². The molecule has 1 atom stereocenters. The third-order valence-electron chi connectivity index (χ3n) is 3.75. The van der Waals surface area contributed by atoms with E-state index in [1.165, 1.54) is 0 Å². The van der Waals surface area contributed by atoms with Crippen molar-refractivity contribution >= 4 is 21.5 Å². The Morgan fingerprint density at radius 1 is 1.30 bits per heavy atom. The van der Waals surface area contributed by atoms with Crippen LogP contribution in [-0.2, 0) is 9.84 Å². The van der Waals surface area contributed by atoms with Gasteiger partial charge in [-0.1, -0.05) is 0 Å². The van der Waals surface area contributed by atoms with Crippen molar-refractivity contribution in [3.05, 3.63) is 18.2 Å². The minimum Gasteiger partial charge on any atom is -0.493 e. The van der Waals surface area contributed by atoms with E-state index in [9.17, 15) is 8.42 Å². The van der Waals surface area contributed by atoms with Gasteiger partial charge in [0.05, 0.1) is 25.7 Å². The number of nitrogens with zero attached hydrogens (tertiary/aromatic N) is 1. The fourth-order valence-electron chi connectivity index (χ4n) is 2.50. The Labute approximate surface area is 137 Å². The average molecular weight is 341 g/mol. The number of anilines is 1. The van der Waals surface area contributed by atoms with Gasteiger partial charge < -0.3 is 20.1 Å². The number of nitrogens with one attached hydrogen (secondary N) is 2. The van der Waals surface area contributed by atoms with E-state index in [0.717, 1.165) is 5.69 Å². The third kappa shape index (κ3) is 4.75. The highest BCUT2D eigenvalue weighted by Crippen LogP contribution is 2.29. The smallest absolute Gasteiger partial charge is 0.195 e. The lowest BCUT2D eigenvalue weighted by Gasteiger charge is -2.15. The number of hydrogen-bond donors (Lipinski definition) is 2. The summed E-state index contributed by atoms with van der Waals surface area (Å²) in [5.41, 5.74) is 0.801. The molecule has 1 aromatic rings. The van der Waals surface area contributed by atoms with E-state index in [1.54, 1.807) is 27.3 Å². The Bertz CT molecular complexity index is 673. The van der Waals surface area contributed by atoms with E-state index in [4.69, 9.17) is 9.47 Å². The van der Waals surface area contributed by atoms with Crippen molar-refractivity contribution in [2.75, 3.05) is 44.6 Å². The lowest BCUT2D eigenvalue weighted by Crippen LogP contribution is -2.35. The standard InChI is InChI=1S/C15H23N3O4S/c1-16-15(17-9-11-6-7-23(19,20)10-11)18-12-4-5-13(21-2)14(8-12)22-3/h4-5,8,11H,6-7,9-10H2,1-3H3,(H2,16,17,18). The number of rotatable bonds is 5. The van der Waals surface area contributed by atoms with E-state index in [2.05, 4.69) is 15.6 Å². The zero-order valence-electron chi connectivity index (χ0n) is 13.6. The predicted molar refractivity (Wildman–Crippen MR) is 91.3 cm³/mol. The van der Waals surface area contributed by atoms with Gasteiger partial charge in [-0.05, 0) is 24.5 Å². The van der Waals surface area contributed by atoms with Gasteiger partial charge in [0.2, 0.25) is 0 Å². The van der Waals surface area contributed by atoms with Crippen molar-refractivity contribution in [2.45, 2.75) is 6.42 Å². The van der Waals surface area contributed by atoms with Gasteiger partial charge in [0, 0.05) is 25.3 Å². The fourth-order valence-corrected chi connectivity index (χ4v) is 4.37. The Kier molecular flexibility index (Phi) is 5.70. The number of methoxy groups -OCH3 is 2. The van der Waals surface area contributed by atoms with Gasteiger partial charge in [-0.3, -0.25) is 4.99 Å². The van der Waals surface area contributed by atoms with Gasteiger partial charge in [0.15, 0.2) is 27.3 Å². The summed E-state index contributed by atoms with van der Waals surface area (Å²) < 4.78 is 33.4. The van der Waals surface area contributed by atoms with Crippen LogP contribution in [0.5, 0.6) is 11.5 Å². The van der Waals surface area contributed by atoms with Gasteiger partial charge in [-0.15, -0.1) is 0 Å². The zero-order valence-corrected chi connectivity index (χ0v) is 14.4. The Morgan fingerprint density at radius 2 is 2.04 bits per heavy atom. The summed E-state index contributed by atoms with van der Waals surface area (Å²) in [6.07, 6.45) is 0.697. The molecule has 1 aromatic carbocycles. The lowest BCUT2D eigenvalue weighted by atomic mass is 10.1. The summed E-state index contributed by atoms with van der Waals surface area (Å²) in [5.74, 6) is 2.51. The molecule has 8 heteroatoms. The van der Waals surface area contributed by atoms with Crippen LogP contribution in [0.4, 0.5) is 5.69 Å². The zero-order chi connectivity index (χ0) is 16.9. The van der Waals surface area contributed by atoms with Gasteiger partial charge in [-0.2, -0.15) is 0 Å². The molecule has 1 unspecified atom stereocenters. The van der Waals surface area contributed by atoms with Crippen LogP contribution in [-0.4, -0.2) is 53.7 Å². The molecule has 1 heterocycles. The molecule has 0 aliphatic carbocycles. The first kappa shape index (κ1) is 17.4. The summed E-state index contributed by atoms with van der Waals surface area (Å²) >= 11 is 0. The van der Waals surface area contributed by atoms with Crippen molar-refractivity contribution in [3.8, 4) is 11.5 Å². The van der Waals surface area contributed by atoms with Gasteiger partial charge in [-0.25, -0.2) is 8.42 Å². The van der Waals surface area contributed by atoms with Crippen LogP contribution in [0.15, 0.2) is 23.2 Å². The maximum Gasteiger partial charge on any atom is 0.195 e. The van der Waals surface area contributed by atoms with Gasteiger partial charge >= 0.3 is 0 Å². The molecule has 0 aromatic heterocycles. The van der Waals surface area contributed by atoms with E-state index in [0.29, 0.717) is 30.4 Å². The van der Waals surface area contributed by atoms with E-state index in [1.807, 2.05) is 12.1 Å². The summed E-state index contributed by atoms with van der Waals surface area (Å²) in [6, 6.07) is 5.47. The van der Waals surface area contributed by atoms with Crippen LogP contribution in [0, 0.1) is 5.92 Å². The lowest BCUT2D eigenvalue weighted by molar-refractivity contribution is 0.355. The number of ether oxygens (including phenoxy) is 2. The molecule has 0 saturated carbocycles. The molecule has 1 fully saturated rings. The first-order valence-electron chi connectivity index (χ1n) is 7.37. The maximum absolute atomic E-state index is 11.5. The highest BCUT2D eigenvalue weighted by Gasteiger charge is 2.27.